The number of ether oxygens (including phenoxy) is 1. The van der Waals surface area contributed by atoms with E-state index in [9.17, 15) is 0 Å². The molecule has 110 valence electrons. The van der Waals surface area contributed by atoms with Crippen LogP contribution in [-0.2, 0) is 6.54 Å². The van der Waals surface area contributed by atoms with Gasteiger partial charge in [0.15, 0.2) is 4.96 Å². The van der Waals surface area contributed by atoms with Crippen LogP contribution in [-0.4, -0.2) is 22.5 Å². The van der Waals surface area contributed by atoms with E-state index >= 15 is 0 Å². The fraction of sp³-hybridized carbons (Fsp3) is 0.667. The van der Waals surface area contributed by atoms with Crippen LogP contribution in [0.25, 0.3) is 4.96 Å². The molecule has 0 radical (unpaired) electrons. The van der Waals surface area contributed by atoms with Gasteiger partial charge in [-0.2, -0.15) is 4.98 Å². The Morgan fingerprint density at radius 2 is 2.10 bits per heavy atom. The Morgan fingerprint density at radius 1 is 1.35 bits per heavy atom. The van der Waals surface area contributed by atoms with E-state index in [0.717, 1.165) is 34.9 Å². The number of hydrogen-bond donors (Lipinski definition) is 1. The molecule has 0 spiro atoms. The normalized spacial score (nSPS) is 27.1. The summed E-state index contributed by atoms with van der Waals surface area (Å²) in [6.45, 7) is 5.55. The highest BCUT2D eigenvalue weighted by atomic mass is 32.1. The van der Waals surface area contributed by atoms with Crippen molar-refractivity contribution in [3.8, 4) is 5.88 Å². The number of thiazole rings is 1. The number of rotatable bonds is 4. The molecule has 20 heavy (non-hydrogen) atoms. The Bertz CT molecular complexity index is 567. The van der Waals surface area contributed by atoms with Crippen LogP contribution in [0.1, 0.15) is 38.8 Å². The van der Waals surface area contributed by atoms with Gasteiger partial charge < -0.3 is 10.1 Å². The lowest BCUT2D eigenvalue weighted by Gasteiger charge is -2.32. The lowest BCUT2D eigenvalue weighted by molar-refractivity contribution is 0.237. The third kappa shape index (κ3) is 2.69. The second kappa shape index (κ2) is 5.74. The van der Waals surface area contributed by atoms with Crippen molar-refractivity contribution in [2.45, 2.75) is 45.7 Å². The van der Waals surface area contributed by atoms with Crippen molar-refractivity contribution in [1.29, 1.82) is 0 Å². The summed E-state index contributed by atoms with van der Waals surface area (Å²) in [5.74, 6) is 2.40. The highest BCUT2D eigenvalue weighted by Gasteiger charge is 2.24. The van der Waals surface area contributed by atoms with Crippen molar-refractivity contribution in [1.82, 2.24) is 14.7 Å². The van der Waals surface area contributed by atoms with Crippen LogP contribution in [0.5, 0.6) is 5.88 Å². The molecular weight excluding hydrogens is 270 g/mol. The highest BCUT2D eigenvalue weighted by Crippen LogP contribution is 2.29. The molecule has 0 saturated heterocycles. The molecule has 2 aromatic rings. The van der Waals surface area contributed by atoms with Gasteiger partial charge >= 0.3 is 0 Å². The summed E-state index contributed by atoms with van der Waals surface area (Å²) in [6.07, 6.45) is 5.98. The maximum absolute atomic E-state index is 5.41. The van der Waals surface area contributed by atoms with Gasteiger partial charge in [0, 0.05) is 24.2 Å². The van der Waals surface area contributed by atoms with E-state index in [2.05, 4.69) is 40.1 Å². The molecule has 5 heteroatoms. The third-order valence-electron chi connectivity index (χ3n) is 4.25. The van der Waals surface area contributed by atoms with Crippen molar-refractivity contribution in [3.63, 3.8) is 0 Å². The van der Waals surface area contributed by atoms with Gasteiger partial charge in [0.1, 0.15) is 5.69 Å². The summed E-state index contributed by atoms with van der Waals surface area (Å²) in [4.78, 5) is 5.51. The Morgan fingerprint density at radius 3 is 2.80 bits per heavy atom. The van der Waals surface area contributed by atoms with Gasteiger partial charge in [-0.1, -0.05) is 13.8 Å². The molecular formula is C15H23N3OS. The first-order valence-electron chi connectivity index (χ1n) is 7.39. The summed E-state index contributed by atoms with van der Waals surface area (Å²) in [6, 6.07) is 0.614. The average Bonchev–Trinajstić information content (AvgIpc) is 2.95. The zero-order chi connectivity index (χ0) is 14.1. The number of methoxy groups -OCH3 is 1. The smallest absolute Gasteiger partial charge is 0.237 e. The first-order chi connectivity index (χ1) is 9.67. The van der Waals surface area contributed by atoms with E-state index < -0.39 is 0 Å². The summed E-state index contributed by atoms with van der Waals surface area (Å²) >= 11 is 1.64. The van der Waals surface area contributed by atoms with Crippen LogP contribution in [0.15, 0.2) is 11.6 Å². The van der Waals surface area contributed by atoms with Gasteiger partial charge in [-0.05, 0) is 31.1 Å². The third-order valence-corrected chi connectivity index (χ3v) is 5.01. The number of imidazole rings is 1. The second-order valence-electron chi connectivity index (χ2n) is 6.12. The van der Waals surface area contributed by atoms with Crippen molar-refractivity contribution in [3.05, 3.63) is 17.3 Å². The van der Waals surface area contributed by atoms with Crippen LogP contribution in [0.4, 0.5) is 0 Å². The molecule has 1 aliphatic carbocycles. The predicted molar refractivity (Wildman–Crippen MR) is 82.4 cm³/mol. The van der Waals surface area contributed by atoms with Gasteiger partial charge in [0.25, 0.3) is 0 Å². The fourth-order valence-corrected chi connectivity index (χ4v) is 4.22. The van der Waals surface area contributed by atoms with Gasteiger partial charge in [-0.3, -0.25) is 4.40 Å². The van der Waals surface area contributed by atoms with Crippen LogP contribution in [0.3, 0.4) is 0 Å². The average molecular weight is 293 g/mol. The minimum absolute atomic E-state index is 0.614. The number of aromatic nitrogens is 2. The number of fused-ring (bicyclic) bond motifs is 1. The first-order valence-corrected chi connectivity index (χ1v) is 8.27. The van der Waals surface area contributed by atoms with Crippen molar-refractivity contribution in [2.75, 3.05) is 7.11 Å². The minimum Gasteiger partial charge on any atom is -0.480 e. The monoisotopic (exact) mass is 293 g/mol. The minimum atomic E-state index is 0.614. The van der Waals surface area contributed by atoms with E-state index in [0.29, 0.717) is 6.04 Å². The van der Waals surface area contributed by atoms with Crippen molar-refractivity contribution >= 4 is 16.3 Å². The zero-order valence-electron chi connectivity index (χ0n) is 12.4. The molecule has 1 saturated carbocycles. The zero-order valence-corrected chi connectivity index (χ0v) is 13.2. The van der Waals surface area contributed by atoms with E-state index in [1.54, 1.807) is 18.4 Å². The van der Waals surface area contributed by atoms with Gasteiger partial charge in [-0.25, -0.2) is 0 Å². The van der Waals surface area contributed by atoms with Crippen LogP contribution in [0.2, 0.25) is 0 Å². The molecule has 1 aliphatic rings. The molecule has 2 atom stereocenters. The van der Waals surface area contributed by atoms with Crippen molar-refractivity contribution in [2.24, 2.45) is 11.8 Å². The quantitative estimate of drug-likeness (QED) is 0.940. The Labute approximate surface area is 124 Å². The SMILES string of the molecule is COc1nc2sccn2c1CNC1CC(C)CC(C)C1. The number of nitrogens with zero attached hydrogens (tertiary/aromatic N) is 2. The molecule has 4 nitrogen and oxygen atoms in total. The van der Waals surface area contributed by atoms with Gasteiger partial charge in [0.2, 0.25) is 5.88 Å². The predicted octanol–water partition coefficient (Wildman–Crippen LogP) is 3.32. The maximum atomic E-state index is 5.41. The molecule has 3 rings (SSSR count). The topological polar surface area (TPSA) is 38.6 Å². The second-order valence-corrected chi connectivity index (χ2v) is 6.99. The molecule has 0 bridgehead atoms. The van der Waals surface area contributed by atoms with E-state index in [1.807, 2.05) is 0 Å². The summed E-state index contributed by atoms with van der Waals surface area (Å²) < 4.78 is 7.54. The summed E-state index contributed by atoms with van der Waals surface area (Å²) in [7, 11) is 1.70. The van der Waals surface area contributed by atoms with Gasteiger partial charge in [-0.15, -0.1) is 11.3 Å². The molecule has 2 heterocycles. The number of hydrogen-bond acceptors (Lipinski definition) is 4. The van der Waals surface area contributed by atoms with Crippen molar-refractivity contribution < 1.29 is 4.74 Å². The van der Waals surface area contributed by atoms with E-state index in [-0.39, 0.29) is 0 Å². The molecule has 2 aromatic heterocycles. The molecule has 1 N–H and O–H groups in total. The first kappa shape index (κ1) is 13.9. The summed E-state index contributed by atoms with van der Waals surface area (Å²) in [5.41, 5.74) is 1.13. The molecule has 0 aliphatic heterocycles. The molecule has 1 fully saturated rings. The molecule has 2 unspecified atom stereocenters. The largest absolute Gasteiger partial charge is 0.480 e. The van der Waals surface area contributed by atoms with Gasteiger partial charge in [0.05, 0.1) is 7.11 Å². The van der Waals surface area contributed by atoms with Crippen LogP contribution >= 0.6 is 11.3 Å². The Hall–Kier alpha value is -1.07. The Balaban J connectivity index is 1.71. The summed E-state index contributed by atoms with van der Waals surface area (Å²) in [5, 5.41) is 5.77. The van der Waals surface area contributed by atoms with Crippen LogP contribution in [0, 0.1) is 11.8 Å². The van der Waals surface area contributed by atoms with Crippen LogP contribution < -0.4 is 10.1 Å². The molecule has 0 amide bonds. The lowest BCUT2D eigenvalue weighted by atomic mass is 9.80. The van der Waals surface area contributed by atoms with E-state index in [4.69, 9.17) is 4.74 Å². The Kier molecular flexibility index (Phi) is 3.98. The fourth-order valence-electron chi connectivity index (χ4n) is 3.49. The standard InChI is InChI=1S/C15H23N3OS/c1-10-6-11(2)8-12(7-10)16-9-13-14(19-3)17-15-18(13)4-5-20-15/h4-5,10-12,16H,6-9H2,1-3H3. The maximum Gasteiger partial charge on any atom is 0.237 e. The molecule has 0 aromatic carbocycles. The highest BCUT2D eigenvalue weighted by molar-refractivity contribution is 7.15. The van der Waals surface area contributed by atoms with E-state index in [1.165, 1.54) is 19.3 Å². The number of nitrogens with one attached hydrogen (secondary N) is 1. The lowest BCUT2D eigenvalue weighted by Crippen LogP contribution is -2.36.